The van der Waals surface area contributed by atoms with Crippen LogP contribution in [0, 0.1) is 5.41 Å². The van der Waals surface area contributed by atoms with E-state index in [0.29, 0.717) is 25.3 Å². The smallest absolute Gasteiger partial charge is 0.310 e. The fourth-order valence-corrected chi connectivity index (χ4v) is 2.54. The first-order valence-electron chi connectivity index (χ1n) is 7.14. The number of carbonyl (C=O) groups is 1. The molecule has 4 heteroatoms. The Kier molecular flexibility index (Phi) is 6.50. The van der Waals surface area contributed by atoms with E-state index in [0.717, 1.165) is 11.6 Å². The molecule has 0 saturated carbocycles. The van der Waals surface area contributed by atoms with Crippen molar-refractivity contribution in [2.75, 3.05) is 13.1 Å². The number of hydrogen-bond acceptors (Lipinski definition) is 2. The zero-order valence-corrected chi connectivity index (χ0v) is 13.2. The molecule has 3 nitrogen and oxygen atoms in total. The summed E-state index contributed by atoms with van der Waals surface area (Å²) < 4.78 is 0. The predicted octanol–water partition coefficient (Wildman–Crippen LogP) is 3.92. The molecule has 0 aliphatic rings. The van der Waals surface area contributed by atoms with Gasteiger partial charge in [0.25, 0.3) is 0 Å². The lowest BCUT2D eigenvalue weighted by atomic mass is 9.82. The van der Waals surface area contributed by atoms with Crippen LogP contribution in [0.3, 0.4) is 0 Å². The van der Waals surface area contributed by atoms with Crippen molar-refractivity contribution < 1.29 is 9.90 Å². The number of carboxylic acid groups (broad SMARTS) is 1. The molecule has 0 aliphatic carbocycles. The van der Waals surface area contributed by atoms with Crippen LogP contribution in [0.4, 0.5) is 0 Å². The maximum atomic E-state index is 11.4. The Bertz CT molecular complexity index is 444. The zero-order valence-electron chi connectivity index (χ0n) is 12.4. The van der Waals surface area contributed by atoms with Gasteiger partial charge in [-0.25, -0.2) is 0 Å². The second kappa shape index (κ2) is 7.65. The lowest BCUT2D eigenvalue weighted by Crippen LogP contribution is -2.41. The first-order chi connectivity index (χ1) is 9.45. The maximum Gasteiger partial charge on any atom is 0.310 e. The lowest BCUT2D eigenvalue weighted by Gasteiger charge is -2.27. The Hall–Kier alpha value is -1.06. The number of benzene rings is 1. The van der Waals surface area contributed by atoms with Crippen molar-refractivity contribution in [1.29, 1.82) is 0 Å². The number of nitrogens with one attached hydrogen (secondary N) is 1. The van der Waals surface area contributed by atoms with Crippen LogP contribution in [0.15, 0.2) is 24.3 Å². The number of carboxylic acids is 1. The minimum Gasteiger partial charge on any atom is -0.481 e. The van der Waals surface area contributed by atoms with Crippen molar-refractivity contribution in [3.63, 3.8) is 0 Å². The molecule has 0 spiro atoms. The highest BCUT2D eigenvalue weighted by atomic mass is 35.5. The largest absolute Gasteiger partial charge is 0.481 e. The molecule has 0 heterocycles. The molecule has 0 fully saturated rings. The highest BCUT2D eigenvalue weighted by Gasteiger charge is 2.34. The molecule has 1 aromatic rings. The van der Waals surface area contributed by atoms with E-state index in [4.69, 9.17) is 11.6 Å². The van der Waals surface area contributed by atoms with E-state index in [1.54, 1.807) is 0 Å². The number of rotatable bonds is 8. The second-order valence-corrected chi connectivity index (χ2v) is 5.82. The van der Waals surface area contributed by atoms with Gasteiger partial charge in [0.15, 0.2) is 0 Å². The summed E-state index contributed by atoms with van der Waals surface area (Å²) >= 11 is 5.98. The minimum absolute atomic E-state index is 0.300. The van der Waals surface area contributed by atoms with E-state index < -0.39 is 11.4 Å². The summed E-state index contributed by atoms with van der Waals surface area (Å²) in [5.41, 5.74) is 0.507. The molecular weight excluding hydrogens is 274 g/mol. The Labute approximate surface area is 126 Å². The Morgan fingerprint density at radius 2 is 2.05 bits per heavy atom. The van der Waals surface area contributed by atoms with Gasteiger partial charge in [-0.1, -0.05) is 44.5 Å². The first-order valence-corrected chi connectivity index (χ1v) is 7.52. The third kappa shape index (κ3) is 4.22. The van der Waals surface area contributed by atoms with Crippen LogP contribution in [0.2, 0.25) is 5.02 Å². The standard InChI is InChI=1S/C16H24ClNO2/c1-4-16(5-2,15(19)20)11-18-10-12(3)13-7-6-8-14(17)9-13/h6-9,12,18H,4-5,10-11H2,1-3H3,(H,19,20). The molecule has 2 N–H and O–H groups in total. The molecular formula is C16H24ClNO2. The van der Waals surface area contributed by atoms with Gasteiger partial charge in [0.1, 0.15) is 0 Å². The molecule has 112 valence electrons. The summed E-state index contributed by atoms with van der Waals surface area (Å²) in [7, 11) is 0. The SMILES string of the molecule is CCC(CC)(CNCC(C)c1cccc(Cl)c1)C(=O)O. The quantitative estimate of drug-likeness (QED) is 0.764. The normalized spacial score (nSPS) is 13.2. The van der Waals surface area contributed by atoms with Crippen molar-refractivity contribution in [3.05, 3.63) is 34.9 Å². The summed E-state index contributed by atoms with van der Waals surface area (Å²) in [6.07, 6.45) is 1.27. The molecule has 0 saturated heterocycles. The third-order valence-electron chi connectivity index (χ3n) is 4.14. The molecule has 0 bridgehead atoms. The van der Waals surface area contributed by atoms with Crippen LogP contribution in [-0.4, -0.2) is 24.2 Å². The van der Waals surface area contributed by atoms with Crippen molar-refractivity contribution >= 4 is 17.6 Å². The number of aliphatic carboxylic acids is 1. The molecule has 1 aromatic carbocycles. The first kappa shape index (κ1) is 17.0. The minimum atomic E-state index is -0.717. The van der Waals surface area contributed by atoms with Gasteiger partial charge in [0.05, 0.1) is 5.41 Å². The van der Waals surface area contributed by atoms with E-state index in [-0.39, 0.29) is 0 Å². The molecule has 0 aliphatic heterocycles. The van der Waals surface area contributed by atoms with E-state index in [1.165, 1.54) is 5.56 Å². The molecule has 0 aromatic heterocycles. The number of halogens is 1. The lowest BCUT2D eigenvalue weighted by molar-refractivity contribution is -0.149. The van der Waals surface area contributed by atoms with Crippen LogP contribution in [0.1, 0.15) is 45.1 Å². The highest BCUT2D eigenvalue weighted by Crippen LogP contribution is 2.26. The van der Waals surface area contributed by atoms with Crippen molar-refractivity contribution in [3.8, 4) is 0 Å². The Morgan fingerprint density at radius 1 is 1.40 bits per heavy atom. The maximum absolute atomic E-state index is 11.4. The van der Waals surface area contributed by atoms with E-state index in [1.807, 2.05) is 38.1 Å². The average molecular weight is 298 g/mol. The van der Waals surface area contributed by atoms with Crippen LogP contribution in [0.25, 0.3) is 0 Å². The monoisotopic (exact) mass is 297 g/mol. The molecule has 1 atom stereocenters. The zero-order chi connectivity index (χ0) is 15.2. The van der Waals surface area contributed by atoms with Gasteiger partial charge >= 0.3 is 5.97 Å². The van der Waals surface area contributed by atoms with E-state index in [2.05, 4.69) is 12.2 Å². The predicted molar refractivity (Wildman–Crippen MR) is 83.4 cm³/mol. The van der Waals surface area contributed by atoms with Gasteiger partial charge in [0.2, 0.25) is 0 Å². The third-order valence-corrected chi connectivity index (χ3v) is 4.37. The fourth-order valence-electron chi connectivity index (χ4n) is 2.34. The van der Waals surface area contributed by atoms with Crippen LogP contribution in [0.5, 0.6) is 0 Å². The second-order valence-electron chi connectivity index (χ2n) is 5.38. The molecule has 20 heavy (non-hydrogen) atoms. The summed E-state index contributed by atoms with van der Waals surface area (Å²) in [6.45, 7) is 7.22. The van der Waals surface area contributed by atoms with Crippen LogP contribution in [-0.2, 0) is 4.79 Å². The fraction of sp³-hybridized carbons (Fsp3) is 0.562. The Morgan fingerprint density at radius 3 is 2.55 bits per heavy atom. The summed E-state index contributed by atoms with van der Waals surface area (Å²) in [5, 5.41) is 13.4. The van der Waals surface area contributed by atoms with Crippen LogP contribution >= 0.6 is 11.6 Å². The van der Waals surface area contributed by atoms with Crippen molar-refractivity contribution in [1.82, 2.24) is 5.32 Å². The van der Waals surface area contributed by atoms with Crippen molar-refractivity contribution in [2.45, 2.75) is 39.5 Å². The van der Waals surface area contributed by atoms with Gasteiger partial charge in [-0.3, -0.25) is 4.79 Å². The van der Waals surface area contributed by atoms with E-state index in [9.17, 15) is 9.90 Å². The van der Waals surface area contributed by atoms with E-state index >= 15 is 0 Å². The van der Waals surface area contributed by atoms with Crippen LogP contribution < -0.4 is 5.32 Å². The topological polar surface area (TPSA) is 49.3 Å². The van der Waals surface area contributed by atoms with Crippen molar-refractivity contribution in [2.24, 2.45) is 5.41 Å². The average Bonchev–Trinajstić information content (AvgIpc) is 2.43. The summed E-state index contributed by atoms with van der Waals surface area (Å²) in [6, 6.07) is 7.79. The molecule has 0 amide bonds. The van der Waals surface area contributed by atoms with Gasteiger partial charge in [-0.05, 0) is 36.5 Å². The number of hydrogen-bond donors (Lipinski definition) is 2. The highest BCUT2D eigenvalue weighted by molar-refractivity contribution is 6.30. The summed E-state index contributed by atoms with van der Waals surface area (Å²) in [4.78, 5) is 11.4. The van der Waals surface area contributed by atoms with Gasteiger partial charge in [0, 0.05) is 18.1 Å². The molecule has 1 unspecified atom stereocenters. The molecule has 1 rings (SSSR count). The molecule has 0 radical (unpaired) electrons. The van der Waals surface area contributed by atoms with Gasteiger partial charge in [-0.2, -0.15) is 0 Å². The van der Waals surface area contributed by atoms with Gasteiger partial charge < -0.3 is 10.4 Å². The Balaban J connectivity index is 2.57. The van der Waals surface area contributed by atoms with Gasteiger partial charge in [-0.15, -0.1) is 0 Å². The summed E-state index contributed by atoms with van der Waals surface area (Å²) in [5.74, 6) is -0.417.